The third kappa shape index (κ3) is 5.48. The third-order valence-electron chi connectivity index (χ3n) is 5.50. The van der Waals surface area contributed by atoms with E-state index in [1.807, 2.05) is 44.2 Å². The number of anilines is 1. The number of hydrogen-bond donors (Lipinski definition) is 1. The van der Waals surface area contributed by atoms with Crippen LogP contribution in [0, 0.1) is 13.8 Å². The first-order valence-electron chi connectivity index (χ1n) is 11.0. The largest absolute Gasteiger partial charge is 0.318 e. The van der Waals surface area contributed by atoms with E-state index in [0.717, 1.165) is 26.9 Å². The van der Waals surface area contributed by atoms with Crippen LogP contribution in [-0.2, 0) is 14.8 Å². The van der Waals surface area contributed by atoms with Crippen LogP contribution in [0.1, 0.15) is 17.0 Å². The zero-order valence-corrected chi connectivity index (χ0v) is 21.2. The lowest BCUT2D eigenvalue weighted by Crippen LogP contribution is -2.39. The van der Waals surface area contributed by atoms with Crippen LogP contribution in [0.2, 0.25) is 5.02 Å². The van der Waals surface area contributed by atoms with Gasteiger partial charge in [0.25, 0.3) is 15.9 Å². The lowest BCUT2D eigenvalue weighted by molar-refractivity contribution is -0.119. The third-order valence-corrected chi connectivity index (χ3v) is 7.54. The van der Waals surface area contributed by atoms with E-state index in [0.29, 0.717) is 5.02 Å². The van der Waals surface area contributed by atoms with Crippen LogP contribution in [0.15, 0.2) is 95.2 Å². The molecule has 0 radical (unpaired) electrons. The van der Waals surface area contributed by atoms with Crippen molar-refractivity contribution in [2.75, 3.05) is 10.8 Å². The van der Waals surface area contributed by atoms with Gasteiger partial charge in [0, 0.05) is 33.9 Å². The van der Waals surface area contributed by atoms with Gasteiger partial charge >= 0.3 is 0 Å². The molecular weight excluding hydrogens is 498 g/mol. The number of amides is 1. The quantitative estimate of drug-likeness (QED) is 0.273. The van der Waals surface area contributed by atoms with Crippen LogP contribution < -0.4 is 9.73 Å². The van der Waals surface area contributed by atoms with E-state index in [9.17, 15) is 13.2 Å². The number of carbonyl (C=O) groups is 1. The summed E-state index contributed by atoms with van der Waals surface area (Å²) in [5, 5.41) is 4.72. The van der Waals surface area contributed by atoms with Gasteiger partial charge in [0.05, 0.1) is 23.0 Å². The van der Waals surface area contributed by atoms with Gasteiger partial charge in [-0.25, -0.2) is 13.8 Å². The predicted molar refractivity (Wildman–Crippen MR) is 141 cm³/mol. The maximum Gasteiger partial charge on any atom is 0.264 e. The lowest BCUT2D eigenvalue weighted by atomic mass is 10.2. The summed E-state index contributed by atoms with van der Waals surface area (Å²) in [5.74, 6) is -0.596. The van der Waals surface area contributed by atoms with E-state index in [1.165, 1.54) is 30.7 Å². The molecule has 0 spiro atoms. The molecule has 0 fully saturated rings. The van der Waals surface area contributed by atoms with Crippen molar-refractivity contribution in [2.24, 2.45) is 5.10 Å². The van der Waals surface area contributed by atoms with Gasteiger partial charge in [-0.1, -0.05) is 29.8 Å². The summed E-state index contributed by atoms with van der Waals surface area (Å²) in [7, 11) is -4.00. The van der Waals surface area contributed by atoms with Crippen LogP contribution in [0.4, 0.5) is 5.69 Å². The van der Waals surface area contributed by atoms with Crippen LogP contribution >= 0.6 is 11.6 Å². The number of halogens is 1. The van der Waals surface area contributed by atoms with E-state index in [-0.39, 0.29) is 10.6 Å². The van der Waals surface area contributed by atoms with Crippen molar-refractivity contribution in [3.05, 3.63) is 107 Å². The predicted octanol–water partition coefficient (Wildman–Crippen LogP) is 4.49. The Kier molecular flexibility index (Phi) is 7.52. The van der Waals surface area contributed by atoms with Gasteiger partial charge < -0.3 is 4.57 Å². The fourth-order valence-electron chi connectivity index (χ4n) is 3.78. The molecule has 2 aromatic heterocycles. The Balaban J connectivity index is 1.52. The summed E-state index contributed by atoms with van der Waals surface area (Å²) >= 11 is 6.00. The Hall–Kier alpha value is -3.95. The molecular formula is C26H24ClN5O3S. The average molecular weight is 522 g/mol. The molecule has 0 bridgehead atoms. The van der Waals surface area contributed by atoms with E-state index in [1.54, 1.807) is 30.3 Å². The Morgan fingerprint density at radius 2 is 1.81 bits per heavy atom. The molecule has 0 unspecified atom stereocenters. The number of aryl methyl sites for hydroxylation is 1. The molecule has 2 aromatic carbocycles. The van der Waals surface area contributed by atoms with Crippen LogP contribution in [0.5, 0.6) is 0 Å². The molecule has 0 aliphatic heterocycles. The standard InChI is InChI=1S/C26H24ClN5O3S/c1-19-15-21(20(2)32(19)23-12-10-22(27)11-13-23)16-29-30-26(33)18-31(24-7-6-14-28-17-24)36(34,35)25-8-4-3-5-9-25/h3-17H,18H2,1-2H3,(H,30,33)/b29-16+. The summed E-state index contributed by atoms with van der Waals surface area (Å²) in [6, 6.07) is 20.5. The van der Waals surface area contributed by atoms with Gasteiger partial charge in [-0.3, -0.25) is 14.1 Å². The van der Waals surface area contributed by atoms with Gasteiger partial charge in [-0.2, -0.15) is 5.10 Å². The summed E-state index contributed by atoms with van der Waals surface area (Å²) in [6.45, 7) is 3.45. The first-order chi connectivity index (χ1) is 17.3. The van der Waals surface area contributed by atoms with Gasteiger partial charge in [0.15, 0.2) is 0 Å². The fraction of sp³-hybridized carbons (Fsp3) is 0.115. The molecule has 10 heteroatoms. The normalized spacial score (nSPS) is 11.5. The summed E-state index contributed by atoms with van der Waals surface area (Å²) in [6.07, 6.45) is 4.46. The maximum absolute atomic E-state index is 13.3. The highest BCUT2D eigenvalue weighted by atomic mass is 35.5. The van der Waals surface area contributed by atoms with E-state index < -0.39 is 22.5 Å². The van der Waals surface area contributed by atoms with Crippen molar-refractivity contribution < 1.29 is 13.2 Å². The Labute approximate surface area is 214 Å². The molecule has 4 rings (SSSR count). The average Bonchev–Trinajstić information content (AvgIpc) is 3.16. The van der Waals surface area contributed by atoms with Gasteiger partial charge in [0.1, 0.15) is 6.54 Å². The Bertz CT molecular complexity index is 1490. The van der Waals surface area contributed by atoms with Crippen molar-refractivity contribution in [2.45, 2.75) is 18.7 Å². The number of rotatable bonds is 8. The van der Waals surface area contributed by atoms with E-state index >= 15 is 0 Å². The number of sulfonamides is 1. The number of carbonyl (C=O) groups excluding carboxylic acids is 1. The highest BCUT2D eigenvalue weighted by Gasteiger charge is 2.27. The molecule has 2 heterocycles. The van der Waals surface area contributed by atoms with Gasteiger partial charge in [0.2, 0.25) is 0 Å². The maximum atomic E-state index is 13.3. The Morgan fingerprint density at radius 1 is 1.08 bits per heavy atom. The summed E-state index contributed by atoms with van der Waals surface area (Å²) in [5.41, 5.74) is 6.38. The smallest absolute Gasteiger partial charge is 0.264 e. The van der Waals surface area contributed by atoms with Crippen LogP contribution in [0.25, 0.3) is 5.69 Å². The van der Waals surface area contributed by atoms with Crippen molar-refractivity contribution in [1.82, 2.24) is 15.0 Å². The zero-order valence-electron chi connectivity index (χ0n) is 19.7. The molecule has 0 aliphatic rings. The molecule has 36 heavy (non-hydrogen) atoms. The lowest BCUT2D eigenvalue weighted by Gasteiger charge is -2.23. The monoisotopic (exact) mass is 521 g/mol. The second-order valence-electron chi connectivity index (χ2n) is 7.97. The molecule has 0 saturated carbocycles. The second-order valence-corrected chi connectivity index (χ2v) is 10.3. The summed E-state index contributed by atoms with van der Waals surface area (Å²) < 4.78 is 29.6. The van der Waals surface area contributed by atoms with Crippen LogP contribution in [0.3, 0.4) is 0 Å². The van der Waals surface area contributed by atoms with E-state index in [4.69, 9.17) is 11.6 Å². The topological polar surface area (TPSA) is 96.7 Å². The molecule has 0 atom stereocenters. The highest BCUT2D eigenvalue weighted by molar-refractivity contribution is 7.92. The molecule has 8 nitrogen and oxygen atoms in total. The molecule has 0 saturated heterocycles. The molecule has 0 aliphatic carbocycles. The molecule has 1 amide bonds. The van der Waals surface area contributed by atoms with Crippen LogP contribution in [-0.4, -0.2) is 36.6 Å². The first kappa shape index (κ1) is 25.2. The van der Waals surface area contributed by atoms with E-state index in [2.05, 4.69) is 20.1 Å². The number of nitrogens with zero attached hydrogens (tertiary/aromatic N) is 4. The highest BCUT2D eigenvalue weighted by Crippen LogP contribution is 2.23. The zero-order chi connectivity index (χ0) is 25.7. The Morgan fingerprint density at radius 3 is 2.47 bits per heavy atom. The number of benzene rings is 2. The molecule has 1 N–H and O–H groups in total. The number of hydrazone groups is 1. The number of pyridine rings is 1. The van der Waals surface area contributed by atoms with Gasteiger partial charge in [-0.05, 0) is 68.4 Å². The fourth-order valence-corrected chi connectivity index (χ4v) is 5.34. The minimum Gasteiger partial charge on any atom is -0.318 e. The summed E-state index contributed by atoms with van der Waals surface area (Å²) in [4.78, 5) is 16.8. The SMILES string of the molecule is Cc1cc(/C=N/NC(=O)CN(c2cccnc2)S(=O)(=O)c2ccccc2)c(C)n1-c1ccc(Cl)cc1. The molecule has 4 aromatic rings. The van der Waals surface area contributed by atoms with Gasteiger partial charge in [-0.15, -0.1) is 0 Å². The minimum absolute atomic E-state index is 0.0693. The number of hydrogen-bond acceptors (Lipinski definition) is 5. The number of nitrogens with one attached hydrogen (secondary N) is 1. The molecule has 184 valence electrons. The van der Waals surface area contributed by atoms with Crippen molar-refractivity contribution in [3.8, 4) is 5.69 Å². The number of aromatic nitrogens is 2. The van der Waals surface area contributed by atoms with Crippen molar-refractivity contribution >= 4 is 39.4 Å². The van der Waals surface area contributed by atoms with Crippen molar-refractivity contribution in [1.29, 1.82) is 0 Å². The second kappa shape index (κ2) is 10.8. The first-order valence-corrected chi connectivity index (χ1v) is 12.8. The van der Waals surface area contributed by atoms with Crippen molar-refractivity contribution in [3.63, 3.8) is 0 Å². The minimum atomic E-state index is -4.00.